The first kappa shape index (κ1) is 17.2. The lowest BCUT2D eigenvalue weighted by Gasteiger charge is -2.25. The fourth-order valence-electron chi connectivity index (χ4n) is 2.16. The van der Waals surface area contributed by atoms with Crippen molar-refractivity contribution in [1.82, 2.24) is 9.88 Å². The van der Waals surface area contributed by atoms with Gasteiger partial charge in [0, 0.05) is 31.0 Å². The molecular formula is C17H24N2O2. The number of pyridine rings is 1. The Morgan fingerprint density at radius 1 is 1.33 bits per heavy atom. The van der Waals surface area contributed by atoms with E-state index in [1.807, 2.05) is 11.8 Å². The minimum atomic E-state index is -0.200. The molecule has 1 aromatic rings. The van der Waals surface area contributed by atoms with Crippen LogP contribution in [0.5, 0.6) is 0 Å². The lowest BCUT2D eigenvalue weighted by molar-refractivity contribution is 0.0734. The zero-order valence-electron chi connectivity index (χ0n) is 13.1. The quantitative estimate of drug-likeness (QED) is 0.817. The molecule has 0 saturated carbocycles. The average molecular weight is 288 g/mol. The van der Waals surface area contributed by atoms with Crippen LogP contribution >= 0.6 is 0 Å². The fourth-order valence-corrected chi connectivity index (χ4v) is 2.16. The Labute approximate surface area is 127 Å². The van der Waals surface area contributed by atoms with Crippen molar-refractivity contribution in [3.63, 3.8) is 0 Å². The molecule has 0 aliphatic rings. The lowest BCUT2D eigenvalue weighted by atomic mass is 10.0. The van der Waals surface area contributed by atoms with Crippen LogP contribution in [0.2, 0.25) is 0 Å². The molecule has 1 N–H and O–H groups in total. The lowest BCUT2D eigenvalue weighted by Crippen LogP contribution is -2.35. The SMILES string of the molecule is CCC(CC)CN(CC)C(=O)c1cncc(C#CCO)c1. The summed E-state index contributed by atoms with van der Waals surface area (Å²) in [5.74, 6) is 5.86. The van der Waals surface area contributed by atoms with E-state index in [2.05, 4.69) is 30.7 Å². The minimum Gasteiger partial charge on any atom is -0.384 e. The summed E-state index contributed by atoms with van der Waals surface area (Å²) in [6.45, 7) is 7.55. The standard InChI is InChI=1S/C17H24N2O2/c1-4-14(5-2)13-19(6-3)17(21)16-10-15(8-7-9-20)11-18-12-16/h10-12,14,20H,4-6,9,13H2,1-3H3. The highest BCUT2D eigenvalue weighted by molar-refractivity contribution is 5.94. The Hall–Kier alpha value is -1.86. The second kappa shape index (κ2) is 9.15. The number of nitrogens with zero attached hydrogens (tertiary/aromatic N) is 2. The van der Waals surface area contributed by atoms with E-state index in [0.717, 1.165) is 19.4 Å². The molecule has 0 atom stereocenters. The predicted molar refractivity (Wildman–Crippen MR) is 83.9 cm³/mol. The van der Waals surface area contributed by atoms with Gasteiger partial charge >= 0.3 is 0 Å². The summed E-state index contributed by atoms with van der Waals surface area (Å²) < 4.78 is 0. The van der Waals surface area contributed by atoms with E-state index in [0.29, 0.717) is 23.6 Å². The van der Waals surface area contributed by atoms with E-state index < -0.39 is 0 Å². The molecule has 0 bridgehead atoms. The molecule has 4 heteroatoms. The van der Waals surface area contributed by atoms with Crippen LogP contribution < -0.4 is 0 Å². The van der Waals surface area contributed by atoms with Gasteiger partial charge in [-0.15, -0.1) is 0 Å². The van der Waals surface area contributed by atoms with Crippen molar-refractivity contribution in [2.24, 2.45) is 5.92 Å². The smallest absolute Gasteiger partial charge is 0.255 e. The van der Waals surface area contributed by atoms with E-state index in [9.17, 15) is 4.79 Å². The van der Waals surface area contributed by atoms with Crippen LogP contribution in [0, 0.1) is 17.8 Å². The van der Waals surface area contributed by atoms with E-state index in [-0.39, 0.29) is 12.5 Å². The highest BCUT2D eigenvalue weighted by atomic mass is 16.2. The first-order valence-corrected chi connectivity index (χ1v) is 7.50. The number of hydrogen-bond donors (Lipinski definition) is 1. The van der Waals surface area contributed by atoms with Crippen LogP contribution in [0.3, 0.4) is 0 Å². The normalized spacial score (nSPS) is 10.1. The van der Waals surface area contributed by atoms with Crippen LogP contribution in [0.15, 0.2) is 18.5 Å². The molecule has 0 aliphatic heterocycles. The van der Waals surface area contributed by atoms with Gasteiger partial charge in [-0.25, -0.2) is 0 Å². The van der Waals surface area contributed by atoms with E-state index in [4.69, 9.17) is 5.11 Å². The van der Waals surface area contributed by atoms with Gasteiger partial charge in [-0.05, 0) is 18.9 Å². The third-order valence-corrected chi connectivity index (χ3v) is 3.60. The second-order valence-electron chi connectivity index (χ2n) is 4.95. The van der Waals surface area contributed by atoms with Crippen molar-refractivity contribution in [3.8, 4) is 11.8 Å². The number of hydrogen-bond acceptors (Lipinski definition) is 3. The van der Waals surface area contributed by atoms with E-state index in [1.165, 1.54) is 0 Å². The summed E-state index contributed by atoms with van der Waals surface area (Å²) in [6.07, 6.45) is 5.31. The summed E-state index contributed by atoms with van der Waals surface area (Å²) in [5, 5.41) is 8.72. The zero-order chi connectivity index (χ0) is 15.7. The van der Waals surface area contributed by atoms with Crippen LogP contribution in [-0.2, 0) is 0 Å². The van der Waals surface area contributed by atoms with Crippen LogP contribution in [0.1, 0.15) is 49.5 Å². The molecule has 1 amide bonds. The van der Waals surface area contributed by atoms with Gasteiger partial charge in [0.05, 0.1) is 5.56 Å². The van der Waals surface area contributed by atoms with E-state index >= 15 is 0 Å². The molecule has 0 saturated heterocycles. The van der Waals surface area contributed by atoms with Gasteiger partial charge in [-0.3, -0.25) is 9.78 Å². The Bertz CT molecular complexity index is 513. The molecule has 0 aromatic carbocycles. The maximum absolute atomic E-state index is 12.6. The molecule has 1 aromatic heterocycles. The molecule has 1 rings (SSSR count). The number of rotatable bonds is 6. The highest BCUT2D eigenvalue weighted by Gasteiger charge is 2.17. The Kier molecular flexibility index (Phi) is 7.49. The number of aliphatic hydroxyl groups excluding tert-OH is 1. The fraction of sp³-hybridized carbons (Fsp3) is 0.529. The molecule has 114 valence electrons. The second-order valence-corrected chi connectivity index (χ2v) is 4.95. The highest BCUT2D eigenvalue weighted by Crippen LogP contribution is 2.13. The first-order chi connectivity index (χ1) is 10.2. The van der Waals surface area contributed by atoms with Crippen molar-refractivity contribution in [2.75, 3.05) is 19.7 Å². The summed E-state index contributed by atoms with van der Waals surface area (Å²) in [4.78, 5) is 18.5. The van der Waals surface area contributed by atoms with Crippen molar-refractivity contribution in [2.45, 2.75) is 33.6 Å². The van der Waals surface area contributed by atoms with Crippen molar-refractivity contribution in [1.29, 1.82) is 0 Å². The average Bonchev–Trinajstić information content (AvgIpc) is 2.54. The van der Waals surface area contributed by atoms with Crippen molar-refractivity contribution < 1.29 is 9.90 Å². The van der Waals surface area contributed by atoms with Gasteiger partial charge in [-0.2, -0.15) is 0 Å². The van der Waals surface area contributed by atoms with Crippen LogP contribution in [0.4, 0.5) is 0 Å². The maximum Gasteiger partial charge on any atom is 0.255 e. The zero-order valence-corrected chi connectivity index (χ0v) is 13.1. The van der Waals surface area contributed by atoms with Gasteiger partial charge in [0.25, 0.3) is 5.91 Å². The van der Waals surface area contributed by atoms with Crippen molar-refractivity contribution >= 4 is 5.91 Å². The van der Waals surface area contributed by atoms with Gasteiger partial charge in [0.1, 0.15) is 6.61 Å². The largest absolute Gasteiger partial charge is 0.384 e. The topological polar surface area (TPSA) is 53.4 Å². The Balaban J connectivity index is 2.89. The monoisotopic (exact) mass is 288 g/mol. The van der Waals surface area contributed by atoms with Crippen molar-refractivity contribution in [3.05, 3.63) is 29.6 Å². The number of aromatic nitrogens is 1. The number of amides is 1. The summed E-state index contributed by atoms with van der Waals surface area (Å²) >= 11 is 0. The van der Waals surface area contributed by atoms with Gasteiger partial charge in [-0.1, -0.05) is 38.5 Å². The van der Waals surface area contributed by atoms with Crippen LogP contribution in [-0.4, -0.2) is 40.6 Å². The first-order valence-electron chi connectivity index (χ1n) is 7.50. The van der Waals surface area contributed by atoms with Gasteiger partial charge in [0.15, 0.2) is 0 Å². The van der Waals surface area contributed by atoms with Gasteiger partial charge < -0.3 is 10.0 Å². The molecule has 0 radical (unpaired) electrons. The summed E-state index contributed by atoms with van der Waals surface area (Å²) in [7, 11) is 0. The van der Waals surface area contributed by atoms with Gasteiger partial charge in [0.2, 0.25) is 0 Å². The molecule has 0 fully saturated rings. The maximum atomic E-state index is 12.6. The van der Waals surface area contributed by atoms with Crippen LogP contribution in [0.25, 0.3) is 0 Å². The predicted octanol–water partition coefficient (Wildman–Crippen LogP) is 2.32. The van der Waals surface area contributed by atoms with E-state index in [1.54, 1.807) is 18.5 Å². The molecule has 0 aliphatic carbocycles. The number of carbonyl (C=O) groups excluding carboxylic acids is 1. The third-order valence-electron chi connectivity index (χ3n) is 3.60. The molecule has 21 heavy (non-hydrogen) atoms. The Morgan fingerprint density at radius 2 is 2.05 bits per heavy atom. The molecular weight excluding hydrogens is 264 g/mol. The third kappa shape index (κ3) is 5.20. The number of aliphatic hydroxyl groups is 1. The minimum absolute atomic E-state index is 0.00968. The molecule has 4 nitrogen and oxygen atoms in total. The summed E-state index contributed by atoms with van der Waals surface area (Å²) in [5.41, 5.74) is 1.20. The Morgan fingerprint density at radius 3 is 2.62 bits per heavy atom. The summed E-state index contributed by atoms with van der Waals surface area (Å²) in [6, 6.07) is 1.73. The molecule has 0 spiro atoms. The molecule has 0 unspecified atom stereocenters. The molecule has 1 heterocycles. The number of carbonyl (C=O) groups is 1.